The molecule has 1 aliphatic heterocycles. The van der Waals surface area contributed by atoms with Gasteiger partial charge in [0.25, 0.3) is 11.5 Å². The second kappa shape index (κ2) is 5.83. The first-order valence-corrected chi connectivity index (χ1v) is 6.05. The van der Waals surface area contributed by atoms with Crippen molar-refractivity contribution in [2.75, 3.05) is 26.9 Å². The van der Waals surface area contributed by atoms with Gasteiger partial charge in [0.05, 0.1) is 20.3 Å². The van der Waals surface area contributed by atoms with Gasteiger partial charge in [-0.3, -0.25) is 9.59 Å². The van der Waals surface area contributed by atoms with Crippen LogP contribution in [0.1, 0.15) is 10.5 Å². The number of rotatable bonds is 2. The van der Waals surface area contributed by atoms with Gasteiger partial charge in [0.2, 0.25) is 0 Å². The van der Waals surface area contributed by atoms with Crippen LogP contribution in [0.15, 0.2) is 16.9 Å². The van der Waals surface area contributed by atoms with Crippen LogP contribution in [-0.2, 0) is 21.3 Å². The number of nitrogens with zero attached hydrogens (tertiary/aromatic N) is 3. The van der Waals surface area contributed by atoms with Crippen LogP contribution < -0.4 is 5.56 Å². The molecular weight excluding hydrogens is 266 g/mol. The van der Waals surface area contributed by atoms with Crippen molar-refractivity contribution in [3.05, 3.63) is 28.2 Å². The molecule has 0 saturated carbocycles. The van der Waals surface area contributed by atoms with Gasteiger partial charge >= 0.3 is 5.97 Å². The standard InChI is InChI=1S/C12H15N3O5/c1-14-10(16)4-3-8(13-14)11(17)15-5-6-20-7-9(15)12(18)19-2/h3-4,9H,5-7H2,1-2H3. The Bertz CT molecular complexity index is 583. The van der Waals surface area contributed by atoms with Crippen LogP contribution in [-0.4, -0.2) is 59.5 Å². The van der Waals surface area contributed by atoms with E-state index in [-0.39, 0.29) is 24.4 Å². The number of aromatic nitrogens is 2. The molecule has 1 saturated heterocycles. The summed E-state index contributed by atoms with van der Waals surface area (Å²) in [5.74, 6) is -0.970. The van der Waals surface area contributed by atoms with Crippen LogP contribution in [0, 0.1) is 0 Å². The van der Waals surface area contributed by atoms with Crippen LogP contribution in [0.3, 0.4) is 0 Å². The molecule has 8 nitrogen and oxygen atoms in total. The van der Waals surface area contributed by atoms with E-state index in [2.05, 4.69) is 9.84 Å². The molecule has 2 rings (SSSR count). The minimum Gasteiger partial charge on any atom is -0.467 e. The molecule has 1 amide bonds. The van der Waals surface area contributed by atoms with Gasteiger partial charge in [0, 0.05) is 19.7 Å². The number of esters is 1. The Hall–Kier alpha value is -2.22. The van der Waals surface area contributed by atoms with Gasteiger partial charge in [0.1, 0.15) is 5.69 Å². The third kappa shape index (κ3) is 2.69. The summed E-state index contributed by atoms with van der Waals surface area (Å²) in [5, 5.41) is 3.89. The largest absolute Gasteiger partial charge is 0.467 e. The molecule has 1 aromatic rings. The molecule has 2 heterocycles. The van der Waals surface area contributed by atoms with Crippen molar-refractivity contribution >= 4 is 11.9 Å². The van der Waals surface area contributed by atoms with E-state index in [1.807, 2.05) is 0 Å². The SMILES string of the molecule is COC(=O)C1COCCN1C(=O)c1ccc(=O)n(C)n1. The molecule has 1 atom stereocenters. The highest BCUT2D eigenvalue weighted by molar-refractivity contribution is 5.95. The van der Waals surface area contributed by atoms with Gasteiger partial charge in [-0.15, -0.1) is 0 Å². The predicted molar refractivity (Wildman–Crippen MR) is 67.1 cm³/mol. The average Bonchev–Trinajstić information content (AvgIpc) is 2.48. The Labute approximate surface area is 114 Å². The summed E-state index contributed by atoms with van der Waals surface area (Å²) in [6, 6.07) is 1.81. The minimum absolute atomic E-state index is 0.0875. The molecule has 0 bridgehead atoms. The van der Waals surface area contributed by atoms with Crippen molar-refractivity contribution in [2.45, 2.75) is 6.04 Å². The second-order valence-corrected chi connectivity index (χ2v) is 4.29. The fraction of sp³-hybridized carbons (Fsp3) is 0.500. The smallest absolute Gasteiger partial charge is 0.331 e. The predicted octanol–water partition coefficient (Wildman–Crippen LogP) is -1.21. The third-order valence-electron chi connectivity index (χ3n) is 3.04. The number of methoxy groups -OCH3 is 1. The van der Waals surface area contributed by atoms with Crippen LogP contribution in [0.4, 0.5) is 0 Å². The normalized spacial score (nSPS) is 18.7. The number of carbonyl (C=O) groups excluding carboxylic acids is 2. The maximum absolute atomic E-state index is 12.4. The van der Waals surface area contributed by atoms with Crippen molar-refractivity contribution in [1.29, 1.82) is 0 Å². The molecule has 0 aliphatic carbocycles. The van der Waals surface area contributed by atoms with Crippen LogP contribution in [0.5, 0.6) is 0 Å². The molecule has 0 aromatic carbocycles. The molecule has 8 heteroatoms. The van der Waals surface area contributed by atoms with Gasteiger partial charge in [0.15, 0.2) is 6.04 Å². The first-order valence-electron chi connectivity index (χ1n) is 6.05. The van der Waals surface area contributed by atoms with Gasteiger partial charge in [-0.2, -0.15) is 5.10 Å². The Morgan fingerprint density at radius 2 is 2.20 bits per heavy atom. The van der Waals surface area contributed by atoms with Crippen molar-refractivity contribution in [3.8, 4) is 0 Å². The summed E-state index contributed by atoms with van der Waals surface area (Å²) in [4.78, 5) is 36.7. The quantitative estimate of drug-likeness (QED) is 0.632. The van der Waals surface area contributed by atoms with E-state index in [4.69, 9.17) is 4.74 Å². The van der Waals surface area contributed by atoms with Gasteiger partial charge in [-0.05, 0) is 6.07 Å². The topological polar surface area (TPSA) is 90.7 Å². The monoisotopic (exact) mass is 281 g/mol. The zero-order valence-corrected chi connectivity index (χ0v) is 11.2. The van der Waals surface area contributed by atoms with E-state index < -0.39 is 17.9 Å². The minimum atomic E-state index is -0.791. The van der Waals surface area contributed by atoms with Crippen molar-refractivity contribution in [3.63, 3.8) is 0 Å². The maximum Gasteiger partial charge on any atom is 0.331 e. The first kappa shape index (κ1) is 14.2. The molecule has 108 valence electrons. The number of ether oxygens (including phenoxy) is 2. The lowest BCUT2D eigenvalue weighted by atomic mass is 10.2. The van der Waals surface area contributed by atoms with Crippen LogP contribution in [0.2, 0.25) is 0 Å². The van der Waals surface area contributed by atoms with Crippen molar-refractivity contribution in [2.24, 2.45) is 7.05 Å². The summed E-state index contributed by atoms with van der Waals surface area (Å²) in [5.41, 5.74) is -0.212. The molecule has 20 heavy (non-hydrogen) atoms. The van der Waals surface area contributed by atoms with E-state index in [1.54, 1.807) is 0 Å². The highest BCUT2D eigenvalue weighted by Gasteiger charge is 2.34. The number of hydrogen-bond acceptors (Lipinski definition) is 6. The third-order valence-corrected chi connectivity index (χ3v) is 3.04. The molecule has 1 aliphatic rings. The molecule has 0 radical (unpaired) electrons. The zero-order chi connectivity index (χ0) is 14.7. The Kier molecular flexibility index (Phi) is 4.14. The Balaban J connectivity index is 2.27. The first-order chi connectivity index (χ1) is 9.54. The second-order valence-electron chi connectivity index (χ2n) is 4.29. The summed E-state index contributed by atoms with van der Waals surface area (Å²) >= 11 is 0. The number of carbonyl (C=O) groups is 2. The van der Waals surface area contributed by atoms with E-state index >= 15 is 0 Å². The molecule has 0 spiro atoms. The van der Waals surface area contributed by atoms with Crippen LogP contribution in [0.25, 0.3) is 0 Å². The molecular formula is C12H15N3O5. The Morgan fingerprint density at radius 3 is 2.85 bits per heavy atom. The fourth-order valence-corrected chi connectivity index (χ4v) is 1.94. The lowest BCUT2D eigenvalue weighted by molar-refractivity contribution is -0.151. The van der Waals surface area contributed by atoms with E-state index in [0.717, 1.165) is 4.68 Å². The van der Waals surface area contributed by atoms with Gasteiger partial charge in [-0.25, -0.2) is 9.48 Å². The van der Waals surface area contributed by atoms with Gasteiger partial charge < -0.3 is 14.4 Å². The highest BCUT2D eigenvalue weighted by Crippen LogP contribution is 2.12. The molecule has 1 fully saturated rings. The number of morpholine rings is 1. The highest BCUT2D eigenvalue weighted by atomic mass is 16.5. The molecule has 1 unspecified atom stereocenters. The number of hydrogen-bond donors (Lipinski definition) is 0. The zero-order valence-electron chi connectivity index (χ0n) is 11.2. The van der Waals surface area contributed by atoms with Crippen LogP contribution >= 0.6 is 0 Å². The number of amides is 1. The number of aryl methyl sites for hydroxylation is 1. The van der Waals surface area contributed by atoms with E-state index in [1.165, 1.54) is 31.2 Å². The van der Waals surface area contributed by atoms with E-state index in [0.29, 0.717) is 6.61 Å². The summed E-state index contributed by atoms with van der Waals surface area (Å²) in [6.45, 7) is 0.693. The van der Waals surface area contributed by atoms with Gasteiger partial charge in [-0.1, -0.05) is 0 Å². The van der Waals surface area contributed by atoms with E-state index in [9.17, 15) is 14.4 Å². The van der Waals surface area contributed by atoms with Crippen molar-refractivity contribution < 1.29 is 19.1 Å². The molecule has 1 aromatic heterocycles. The lowest BCUT2D eigenvalue weighted by Gasteiger charge is -2.33. The summed E-state index contributed by atoms with van der Waals surface area (Å²) < 4.78 is 10.9. The van der Waals surface area contributed by atoms with Crippen molar-refractivity contribution in [1.82, 2.24) is 14.7 Å². The lowest BCUT2D eigenvalue weighted by Crippen LogP contribution is -2.53. The summed E-state index contributed by atoms with van der Waals surface area (Å²) in [7, 11) is 2.71. The molecule has 0 N–H and O–H groups in total. The average molecular weight is 281 g/mol. The fourth-order valence-electron chi connectivity index (χ4n) is 1.94. The maximum atomic E-state index is 12.4. The summed E-state index contributed by atoms with van der Waals surface area (Å²) in [6.07, 6.45) is 0. The Morgan fingerprint density at radius 1 is 1.45 bits per heavy atom.